The maximum Gasteiger partial charge on any atom is 0.0851 e. The second-order valence-corrected chi connectivity index (χ2v) is 5.39. The van der Waals surface area contributed by atoms with E-state index in [1.54, 1.807) is 6.07 Å². The van der Waals surface area contributed by atoms with Crippen LogP contribution in [0.25, 0.3) is 11.3 Å². The molecular weight excluding hydrogens is 356 g/mol. The summed E-state index contributed by atoms with van der Waals surface area (Å²) in [6.07, 6.45) is 1.83. The molecule has 0 saturated heterocycles. The zero-order valence-electron chi connectivity index (χ0n) is 8.47. The van der Waals surface area contributed by atoms with Crippen molar-refractivity contribution in [2.75, 3.05) is 0 Å². The van der Waals surface area contributed by atoms with E-state index >= 15 is 0 Å². The number of hydrogen-bond acceptors (Lipinski definition) is 1. The average Bonchev–Trinajstić information content (AvgIpc) is 2.23. The van der Waals surface area contributed by atoms with Crippen molar-refractivity contribution in [3.63, 3.8) is 0 Å². The highest BCUT2D eigenvalue weighted by Crippen LogP contribution is 2.34. The lowest BCUT2D eigenvalue weighted by Gasteiger charge is -2.07. The number of halogens is 3. The van der Waals surface area contributed by atoms with Crippen molar-refractivity contribution in [2.45, 2.75) is 6.92 Å². The second kappa shape index (κ2) is 4.90. The van der Waals surface area contributed by atoms with Gasteiger partial charge >= 0.3 is 0 Å². The highest BCUT2D eigenvalue weighted by atomic mass is 127. The first-order valence-corrected chi connectivity index (χ1v) is 6.49. The van der Waals surface area contributed by atoms with E-state index in [0.717, 1.165) is 20.4 Å². The number of nitrogens with zero attached hydrogens (tertiary/aromatic N) is 1. The minimum atomic E-state index is 0.553. The number of benzene rings is 1. The molecule has 1 heterocycles. The van der Waals surface area contributed by atoms with E-state index in [1.807, 2.05) is 25.3 Å². The quantitative estimate of drug-likeness (QED) is 0.652. The van der Waals surface area contributed by atoms with Gasteiger partial charge in [0, 0.05) is 15.3 Å². The van der Waals surface area contributed by atoms with Gasteiger partial charge in [0.15, 0.2) is 0 Å². The van der Waals surface area contributed by atoms with E-state index in [1.165, 1.54) is 0 Å². The topological polar surface area (TPSA) is 12.9 Å². The lowest BCUT2D eigenvalue weighted by Crippen LogP contribution is -1.90. The molecule has 0 atom stereocenters. The Bertz CT molecular complexity index is 541. The number of hydrogen-bond donors (Lipinski definition) is 0. The van der Waals surface area contributed by atoms with Crippen molar-refractivity contribution in [1.82, 2.24) is 4.98 Å². The first-order chi connectivity index (χ1) is 7.59. The van der Waals surface area contributed by atoms with Crippen molar-refractivity contribution < 1.29 is 0 Å². The third kappa shape index (κ3) is 2.34. The Morgan fingerprint density at radius 2 is 2.00 bits per heavy atom. The third-order valence-corrected chi connectivity index (χ3v) is 3.83. The van der Waals surface area contributed by atoms with Crippen LogP contribution in [0.5, 0.6) is 0 Å². The van der Waals surface area contributed by atoms with Gasteiger partial charge in [0.2, 0.25) is 0 Å². The first kappa shape index (κ1) is 12.1. The number of aromatic nitrogens is 1. The molecule has 0 aliphatic carbocycles. The Balaban J connectivity index is 2.63. The van der Waals surface area contributed by atoms with Gasteiger partial charge in [-0.1, -0.05) is 35.3 Å². The molecule has 2 rings (SSSR count). The van der Waals surface area contributed by atoms with Crippen molar-refractivity contribution in [3.8, 4) is 11.3 Å². The molecule has 0 bridgehead atoms. The molecule has 1 aromatic carbocycles. The molecule has 0 amide bonds. The molecule has 2 aromatic rings. The zero-order chi connectivity index (χ0) is 11.7. The summed E-state index contributed by atoms with van der Waals surface area (Å²) in [5.41, 5.74) is 2.88. The molecule has 0 spiro atoms. The lowest BCUT2D eigenvalue weighted by molar-refractivity contribution is 1.25. The van der Waals surface area contributed by atoms with E-state index in [2.05, 4.69) is 33.6 Å². The van der Waals surface area contributed by atoms with Crippen LogP contribution in [0, 0.1) is 10.5 Å². The van der Waals surface area contributed by atoms with E-state index in [-0.39, 0.29) is 0 Å². The molecule has 0 fully saturated rings. The normalized spacial score (nSPS) is 10.5. The van der Waals surface area contributed by atoms with Gasteiger partial charge in [-0.3, -0.25) is 4.98 Å². The van der Waals surface area contributed by atoms with Crippen molar-refractivity contribution in [3.05, 3.63) is 49.6 Å². The summed E-state index contributed by atoms with van der Waals surface area (Å²) in [5.74, 6) is 0. The monoisotopic (exact) mass is 363 g/mol. The smallest absolute Gasteiger partial charge is 0.0851 e. The Morgan fingerprint density at radius 3 is 2.69 bits per heavy atom. The summed E-state index contributed by atoms with van der Waals surface area (Å²) in [6.45, 7) is 2.01. The van der Waals surface area contributed by atoms with Crippen LogP contribution in [0.4, 0.5) is 0 Å². The minimum Gasteiger partial charge on any atom is -0.255 e. The summed E-state index contributed by atoms with van der Waals surface area (Å²) in [4.78, 5) is 4.40. The largest absolute Gasteiger partial charge is 0.255 e. The van der Waals surface area contributed by atoms with Crippen molar-refractivity contribution in [2.24, 2.45) is 0 Å². The maximum atomic E-state index is 6.16. The second-order valence-electron chi connectivity index (χ2n) is 3.44. The maximum absolute atomic E-state index is 6.16. The van der Waals surface area contributed by atoms with Gasteiger partial charge in [0.25, 0.3) is 0 Å². The van der Waals surface area contributed by atoms with Gasteiger partial charge < -0.3 is 0 Å². The van der Waals surface area contributed by atoms with Crippen LogP contribution in [0.3, 0.4) is 0 Å². The van der Waals surface area contributed by atoms with Gasteiger partial charge in [-0.05, 0) is 47.2 Å². The van der Waals surface area contributed by atoms with Crippen LogP contribution >= 0.6 is 45.8 Å². The fraction of sp³-hybridized carbons (Fsp3) is 0.0833. The molecule has 0 radical (unpaired) electrons. The van der Waals surface area contributed by atoms with Gasteiger partial charge in [-0.2, -0.15) is 0 Å². The molecular formula is C12H8Cl2IN. The highest BCUT2D eigenvalue weighted by Gasteiger charge is 2.10. The van der Waals surface area contributed by atoms with Crippen molar-refractivity contribution in [1.29, 1.82) is 0 Å². The predicted molar refractivity (Wildman–Crippen MR) is 77.1 cm³/mol. The minimum absolute atomic E-state index is 0.553. The van der Waals surface area contributed by atoms with Gasteiger partial charge in [0.1, 0.15) is 0 Å². The Hall–Kier alpha value is -0.320. The molecule has 0 saturated carbocycles. The summed E-state index contributed by atoms with van der Waals surface area (Å²) >= 11 is 14.4. The molecule has 0 N–H and O–H groups in total. The molecule has 0 aliphatic rings. The fourth-order valence-corrected chi connectivity index (χ4v) is 2.73. The average molecular weight is 364 g/mol. The molecule has 16 heavy (non-hydrogen) atoms. The van der Waals surface area contributed by atoms with Crippen molar-refractivity contribution >= 4 is 45.8 Å². The van der Waals surface area contributed by atoms with Crippen LogP contribution in [0.1, 0.15) is 5.56 Å². The van der Waals surface area contributed by atoms with Crippen LogP contribution in [0.15, 0.2) is 30.5 Å². The summed E-state index contributed by atoms with van der Waals surface area (Å²) in [6, 6.07) is 7.64. The molecule has 0 aliphatic heterocycles. The van der Waals surface area contributed by atoms with Crippen LogP contribution < -0.4 is 0 Å². The number of aryl methyl sites for hydroxylation is 1. The Labute approximate surface area is 118 Å². The summed E-state index contributed by atoms with van der Waals surface area (Å²) in [7, 11) is 0. The number of pyridine rings is 1. The van der Waals surface area contributed by atoms with Gasteiger partial charge in [-0.15, -0.1) is 0 Å². The predicted octanol–water partition coefficient (Wildman–Crippen LogP) is 4.97. The Morgan fingerprint density at radius 1 is 1.25 bits per heavy atom. The van der Waals surface area contributed by atoms with E-state index in [4.69, 9.17) is 23.2 Å². The highest BCUT2D eigenvalue weighted by molar-refractivity contribution is 14.1. The lowest BCUT2D eigenvalue weighted by atomic mass is 10.1. The fourth-order valence-electron chi connectivity index (χ4n) is 1.42. The third-order valence-electron chi connectivity index (χ3n) is 2.18. The molecule has 1 nitrogen and oxygen atoms in total. The molecule has 4 heteroatoms. The van der Waals surface area contributed by atoms with Crippen LogP contribution in [-0.4, -0.2) is 4.98 Å². The SMILES string of the molecule is Cc1cnc(-c2cccc(Cl)c2Cl)c(I)c1. The van der Waals surface area contributed by atoms with Crippen LogP contribution in [-0.2, 0) is 0 Å². The standard InChI is InChI=1S/C12H8Cl2IN/c1-7-5-10(15)12(16-6-7)8-3-2-4-9(13)11(8)14/h2-6H,1H3. The molecule has 0 unspecified atom stereocenters. The van der Waals surface area contributed by atoms with Crippen LogP contribution in [0.2, 0.25) is 10.0 Å². The van der Waals surface area contributed by atoms with E-state index in [9.17, 15) is 0 Å². The first-order valence-electron chi connectivity index (χ1n) is 4.66. The van der Waals surface area contributed by atoms with Gasteiger partial charge in [0.05, 0.1) is 15.7 Å². The summed E-state index contributed by atoms with van der Waals surface area (Å²) in [5, 5.41) is 1.11. The van der Waals surface area contributed by atoms with E-state index < -0.39 is 0 Å². The number of rotatable bonds is 1. The van der Waals surface area contributed by atoms with Gasteiger partial charge in [-0.25, -0.2) is 0 Å². The Kier molecular flexibility index (Phi) is 3.72. The zero-order valence-corrected chi connectivity index (χ0v) is 12.1. The van der Waals surface area contributed by atoms with E-state index in [0.29, 0.717) is 10.0 Å². The molecule has 1 aromatic heterocycles. The molecule has 82 valence electrons. The summed E-state index contributed by atoms with van der Waals surface area (Å²) < 4.78 is 1.07.